The number of carbonyl (C=O) groups is 2. The summed E-state index contributed by atoms with van der Waals surface area (Å²) in [7, 11) is 0. The Balaban J connectivity index is 3.35. The van der Waals surface area contributed by atoms with E-state index in [1.165, 1.54) is 6.08 Å². The van der Waals surface area contributed by atoms with Crippen molar-refractivity contribution in [1.82, 2.24) is 0 Å². The summed E-state index contributed by atoms with van der Waals surface area (Å²) in [6, 6.07) is 0. The van der Waals surface area contributed by atoms with Gasteiger partial charge in [0.1, 0.15) is 6.29 Å². The molecule has 92 valence electrons. The van der Waals surface area contributed by atoms with Crippen molar-refractivity contribution in [2.75, 3.05) is 0 Å². The number of rotatable bonds is 10. The Morgan fingerprint density at radius 2 is 1.94 bits per heavy atom. The van der Waals surface area contributed by atoms with Gasteiger partial charge in [-0.3, -0.25) is 9.59 Å². The Labute approximate surface area is 97.5 Å². The number of aliphatic carboxylic acids is 1. The Hall–Kier alpha value is -1.12. The lowest BCUT2D eigenvalue weighted by atomic mass is 9.98. The van der Waals surface area contributed by atoms with Gasteiger partial charge in [-0.05, 0) is 31.8 Å². The lowest BCUT2D eigenvalue weighted by Crippen LogP contribution is -2.12. The van der Waals surface area contributed by atoms with Gasteiger partial charge in [0.25, 0.3) is 0 Å². The largest absolute Gasteiger partial charge is 0.481 e. The van der Waals surface area contributed by atoms with Crippen LogP contribution >= 0.6 is 0 Å². The molecule has 0 aromatic heterocycles. The molecule has 1 unspecified atom stereocenters. The van der Waals surface area contributed by atoms with Crippen molar-refractivity contribution in [2.24, 2.45) is 5.92 Å². The van der Waals surface area contributed by atoms with Crippen LogP contribution in [0.1, 0.15) is 51.9 Å². The highest BCUT2D eigenvalue weighted by molar-refractivity contribution is 5.69. The summed E-state index contributed by atoms with van der Waals surface area (Å²) in [6.07, 6.45) is 10.9. The fourth-order valence-electron chi connectivity index (χ4n) is 1.66. The molecule has 0 aliphatic heterocycles. The standard InChI is InChI=1S/C13H22O3/c1-2-12(13(15)16)10-8-6-4-3-5-7-9-11-14/h7,9,11-12H,2-6,8,10H2,1H3,(H,15,16). The highest BCUT2D eigenvalue weighted by Crippen LogP contribution is 2.14. The maximum Gasteiger partial charge on any atom is 0.306 e. The van der Waals surface area contributed by atoms with Crippen molar-refractivity contribution < 1.29 is 14.7 Å². The van der Waals surface area contributed by atoms with Gasteiger partial charge in [0.15, 0.2) is 0 Å². The third-order valence-corrected chi connectivity index (χ3v) is 2.73. The minimum Gasteiger partial charge on any atom is -0.481 e. The quantitative estimate of drug-likeness (QED) is 0.353. The summed E-state index contributed by atoms with van der Waals surface area (Å²) in [6.45, 7) is 1.92. The van der Waals surface area contributed by atoms with Crippen molar-refractivity contribution in [3.8, 4) is 0 Å². The normalized spacial score (nSPS) is 12.8. The minimum absolute atomic E-state index is 0.171. The summed E-state index contributed by atoms with van der Waals surface area (Å²) < 4.78 is 0. The molecule has 0 heterocycles. The smallest absolute Gasteiger partial charge is 0.306 e. The highest BCUT2D eigenvalue weighted by atomic mass is 16.4. The first-order valence-electron chi connectivity index (χ1n) is 6.05. The van der Waals surface area contributed by atoms with Crippen molar-refractivity contribution >= 4 is 12.3 Å². The fourth-order valence-corrected chi connectivity index (χ4v) is 1.66. The van der Waals surface area contributed by atoms with E-state index in [-0.39, 0.29) is 5.92 Å². The molecule has 3 heteroatoms. The number of hydrogen-bond acceptors (Lipinski definition) is 2. The zero-order valence-corrected chi connectivity index (χ0v) is 10.0. The Morgan fingerprint density at radius 1 is 1.25 bits per heavy atom. The predicted molar refractivity (Wildman–Crippen MR) is 64.3 cm³/mol. The third-order valence-electron chi connectivity index (χ3n) is 2.73. The average molecular weight is 226 g/mol. The molecule has 0 amide bonds. The molecule has 0 saturated carbocycles. The average Bonchev–Trinajstić information content (AvgIpc) is 2.26. The third kappa shape index (κ3) is 8.21. The van der Waals surface area contributed by atoms with Crippen LogP contribution < -0.4 is 0 Å². The second-order valence-electron chi connectivity index (χ2n) is 4.00. The van der Waals surface area contributed by atoms with Crippen LogP contribution in [0.4, 0.5) is 0 Å². The number of unbranched alkanes of at least 4 members (excludes halogenated alkanes) is 4. The Morgan fingerprint density at radius 3 is 2.50 bits per heavy atom. The first-order chi connectivity index (χ1) is 7.72. The van der Waals surface area contributed by atoms with E-state index in [4.69, 9.17) is 5.11 Å². The van der Waals surface area contributed by atoms with Crippen LogP contribution in [0.3, 0.4) is 0 Å². The first kappa shape index (κ1) is 14.9. The summed E-state index contributed by atoms with van der Waals surface area (Å²) in [5, 5.41) is 8.83. The number of carbonyl (C=O) groups excluding carboxylic acids is 1. The van der Waals surface area contributed by atoms with Crippen LogP contribution in [-0.4, -0.2) is 17.4 Å². The Bertz CT molecular complexity index is 221. The van der Waals surface area contributed by atoms with E-state index >= 15 is 0 Å². The molecule has 0 aromatic rings. The summed E-state index contributed by atoms with van der Waals surface area (Å²) in [5.74, 6) is -0.841. The zero-order chi connectivity index (χ0) is 12.2. The number of carboxylic acids is 1. The van der Waals surface area contributed by atoms with Crippen molar-refractivity contribution in [2.45, 2.75) is 51.9 Å². The summed E-state index contributed by atoms with van der Waals surface area (Å²) >= 11 is 0. The number of allylic oxidation sites excluding steroid dienone is 2. The molecule has 0 spiro atoms. The van der Waals surface area contributed by atoms with Gasteiger partial charge in [0.2, 0.25) is 0 Å². The van der Waals surface area contributed by atoms with Gasteiger partial charge < -0.3 is 5.11 Å². The van der Waals surface area contributed by atoms with Gasteiger partial charge >= 0.3 is 5.97 Å². The number of carboxylic acid groups (broad SMARTS) is 1. The van der Waals surface area contributed by atoms with Gasteiger partial charge in [-0.2, -0.15) is 0 Å². The molecule has 3 nitrogen and oxygen atoms in total. The van der Waals surface area contributed by atoms with Crippen molar-refractivity contribution in [3.63, 3.8) is 0 Å². The predicted octanol–water partition coefficient (Wildman–Crippen LogP) is 3.19. The molecule has 1 atom stereocenters. The topological polar surface area (TPSA) is 54.4 Å². The number of hydrogen-bond donors (Lipinski definition) is 1. The van der Waals surface area contributed by atoms with Crippen LogP contribution in [-0.2, 0) is 9.59 Å². The molecular weight excluding hydrogens is 204 g/mol. The SMILES string of the molecule is CCC(CCCCCCC=CC=O)C(=O)O. The van der Waals surface area contributed by atoms with Gasteiger partial charge in [-0.25, -0.2) is 0 Å². The molecule has 1 N–H and O–H groups in total. The van der Waals surface area contributed by atoms with E-state index in [2.05, 4.69) is 0 Å². The monoisotopic (exact) mass is 226 g/mol. The maximum absolute atomic E-state index is 10.7. The van der Waals surface area contributed by atoms with Gasteiger partial charge in [0.05, 0.1) is 5.92 Å². The van der Waals surface area contributed by atoms with E-state index in [9.17, 15) is 9.59 Å². The zero-order valence-electron chi connectivity index (χ0n) is 10.0. The molecule has 16 heavy (non-hydrogen) atoms. The molecule has 0 saturated heterocycles. The molecule has 0 aromatic carbocycles. The lowest BCUT2D eigenvalue weighted by Gasteiger charge is -2.08. The first-order valence-corrected chi connectivity index (χ1v) is 6.05. The highest BCUT2D eigenvalue weighted by Gasteiger charge is 2.13. The summed E-state index contributed by atoms with van der Waals surface area (Å²) in [5.41, 5.74) is 0. The second-order valence-corrected chi connectivity index (χ2v) is 4.00. The maximum atomic E-state index is 10.7. The molecule has 0 rings (SSSR count). The van der Waals surface area contributed by atoms with Crippen LogP contribution in [0.15, 0.2) is 12.2 Å². The Kier molecular flexibility index (Phi) is 9.67. The molecule has 0 radical (unpaired) electrons. The molecule has 0 bridgehead atoms. The minimum atomic E-state index is -0.670. The van der Waals surface area contributed by atoms with Crippen molar-refractivity contribution in [1.29, 1.82) is 0 Å². The second kappa shape index (κ2) is 10.4. The van der Waals surface area contributed by atoms with Crippen LogP contribution in [0, 0.1) is 5.92 Å². The van der Waals surface area contributed by atoms with Crippen LogP contribution in [0.5, 0.6) is 0 Å². The summed E-state index contributed by atoms with van der Waals surface area (Å²) in [4.78, 5) is 20.7. The van der Waals surface area contributed by atoms with Crippen LogP contribution in [0.25, 0.3) is 0 Å². The molecule has 0 aliphatic rings. The molecule has 0 fully saturated rings. The molecular formula is C13H22O3. The van der Waals surface area contributed by atoms with E-state index in [1.807, 2.05) is 13.0 Å². The lowest BCUT2D eigenvalue weighted by molar-refractivity contribution is -0.142. The fraction of sp³-hybridized carbons (Fsp3) is 0.692. The van der Waals surface area contributed by atoms with Gasteiger partial charge in [0, 0.05) is 0 Å². The van der Waals surface area contributed by atoms with Crippen molar-refractivity contribution in [3.05, 3.63) is 12.2 Å². The van der Waals surface area contributed by atoms with Gasteiger partial charge in [-0.15, -0.1) is 0 Å². The van der Waals surface area contributed by atoms with Gasteiger partial charge in [-0.1, -0.05) is 32.3 Å². The van der Waals surface area contributed by atoms with E-state index < -0.39 is 5.97 Å². The van der Waals surface area contributed by atoms with E-state index in [0.717, 1.165) is 51.2 Å². The van der Waals surface area contributed by atoms with E-state index in [1.54, 1.807) is 0 Å². The van der Waals surface area contributed by atoms with Crippen LogP contribution in [0.2, 0.25) is 0 Å². The number of aldehydes is 1. The molecule has 0 aliphatic carbocycles. The van der Waals surface area contributed by atoms with E-state index in [0.29, 0.717) is 0 Å².